The van der Waals surface area contributed by atoms with Gasteiger partial charge >= 0.3 is 0 Å². The molecule has 0 saturated heterocycles. The van der Waals surface area contributed by atoms with Gasteiger partial charge in [0.15, 0.2) is 0 Å². The number of aliphatic hydroxyl groups excluding tert-OH is 2. The van der Waals surface area contributed by atoms with Gasteiger partial charge in [0, 0.05) is 18.8 Å². The molecule has 1 aromatic rings. The lowest BCUT2D eigenvalue weighted by Gasteiger charge is -2.24. The summed E-state index contributed by atoms with van der Waals surface area (Å²) in [7, 11) is 0. The summed E-state index contributed by atoms with van der Waals surface area (Å²) in [6.45, 7) is 4.42. The standard InChI is InChI=1S/C13H21NO3/c1-12-3-2-4-13(11-12)14(5-7-15)6-9-17-10-8-16/h2-4,11,15-16H,5-10H2,1H3. The molecule has 96 valence electrons. The molecule has 0 fully saturated rings. The first-order valence-electron chi connectivity index (χ1n) is 5.89. The number of ether oxygens (including phenoxy) is 1. The average Bonchev–Trinajstić information content (AvgIpc) is 2.33. The van der Waals surface area contributed by atoms with E-state index in [4.69, 9.17) is 14.9 Å². The van der Waals surface area contributed by atoms with E-state index in [1.165, 1.54) is 5.56 Å². The first-order chi connectivity index (χ1) is 8.27. The quantitative estimate of drug-likeness (QED) is 0.659. The highest BCUT2D eigenvalue weighted by Crippen LogP contribution is 2.15. The Kier molecular flexibility index (Phi) is 6.62. The van der Waals surface area contributed by atoms with Crippen LogP contribution in [0.5, 0.6) is 0 Å². The van der Waals surface area contributed by atoms with E-state index in [2.05, 4.69) is 11.0 Å². The van der Waals surface area contributed by atoms with Gasteiger partial charge in [-0.05, 0) is 24.6 Å². The number of nitrogens with zero attached hydrogens (tertiary/aromatic N) is 1. The zero-order chi connectivity index (χ0) is 12.5. The number of aryl methyl sites for hydroxylation is 1. The topological polar surface area (TPSA) is 52.9 Å². The third-order valence-corrected chi connectivity index (χ3v) is 2.48. The van der Waals surface area contributed by atoms with Gasteiger partial charge in [-0.1, -0.05) is 12.1 Å². The van der Waals surface area contributed by atoms with Gasteiger partial charge in [0.1, 0.15) is 0 Å². The van der Waals surface area contributed by atoms with Crippen molar-refractivity contribution in [3.63, 3.8) is 0 Å². The maximum absolute atomic E-state index is 9.05. The number of anilines is 1. The molecule has 4 heteroatoms. The highest BCUT2D eigenvalue weighted by molar-refractivity contribution is 5.48. The summed E-state index contributed by atoms with van der Waals surface area (Å²) in [5.41, 5.74) is 2.29. The Labute approximate surface area is 102 Å². The van der Waals surface area contributed by atoms with Crippen LogP contribution in [-0.4, -0.2) is 49.7 Å². The molecule has 0 aromatic heterocycles. The van der Waals surface area contributed by atoms with E-state index in [0.29, 0.717) is 26.3 Å². The highest BCUT2D eigenvalue weighted by Gasteiger charge is 2.05. The van der Waals surface area contributed by atoms with E-state index in [1.807, 2.05) is 25.1 Å². The molecule has 4 nitrogen and oxygen atoms in total. The molecule has 0 saturated carbocycles. The van der Waals surface area contributed by atoms with Crippen LogP contribution in [0.3, 0.4) is 0 Å². The molecule has 0 aliphatic carbocycles. The Morgan fingerprint density at radius 1 is 1.12 bits per heavy atom. The summed E-state index contributed by atoms with van der Waals surface area (Å²) in [4.78, 5) is 2.07. The van der Waals surface area contributed by atoms with Gasteiger partial charge in [-0.15, -0.1) is 0 Å². The van der Waals surface area contributed by atoms with Crippen molar-refractivity contribution in [1.82, 2.24) is 0 Å². The molecule has 1 rings (SSSR count). The summed E-state index contributed by atoms with van der Waals surface area (Å²) in [5.74, 6) is 0. The molecule has 0 amide bonds. The first-order valence-corrected chi connectivity index (χ1v) is 5.89. The molecule has 0 atom stereocenters. The Balaban J connectivity index is 2.52. The number of rotatable bonds is 8. The Morgan fingerprint density at radius 2 is 1.94 bits per heavy atom. The fraction of sp³-hybridized carbons (Fsp3) is 0.538. The summed E-state index contributed by atoms with van der Waals surface area (Å²) in [5, 5.41) is 17.7. The maximum Gasteiger partial charge on any atom is 0.0698 e. The van der Waals surface area contributed by atoms with E-state index >= 15 is 0 Å². The lowest BCUT2D eigenvalue weighted by Crippen LogP contribution is -2.30. The second kappa shape index (κ2) is 8.06. The van der Waals surface area contributed by atoms with Crippen LogP contribution in [0.2, 0.25) is 0 Å². The third-order valence-electron chi connectivity index (χ3n) is 2.48. The smallest absolute Gasteiger partial charge is 0.0698 e. The molecular weight excluding hydrogens is 218 g/mol. The van der Waals surface area contributed by atoms with Crippen molar-refractivity contribution in [3.05, 3.63) is 29.8 Å². The number of benzene rings is 1. The van der Waals surface area contributed by atoms with Crippen LogP contribution in [0.15, 0.2) is 24.3 Å². The van der Waals surface area contributed by atoms with Crippen LogP contribution >= 0.6 is 0 Å². The molecule has 2 N–H and O–H groups in total. The van der Waals surface area contributed by atoms with Crippen molar-refractivity contribution in [2.75, 3.05) is 44.4 Å². The maximum atomic E-state index is 9.05. The van der Waals surface area contributed by atoms with Crippen molar-refractivity contribution < 1.29 is 14.9 Å². The zero-order valence-corrected chi connectivity index (χ0v) is 10.3. The molecule has 0 aliphatic rings. The predicted octanol–water partition coefficient (Wildman–Crippen LogP) is 0.803. The van der Waals surface area contributed by atoms with Gasteiger partial charge in [-0.2, -0.15) is 0 Å². The second-order valence-corrected chi connectivity index (χ2v) is 3.89. The minimum atomic E-state index is 0.0461. The molecule has 0 heterocycles. The molecule has 0 unspecified atom stereocenters. The Hall–Kier alpha value is -1.10. The lowest BCUT2D eigenvalue weighted by molar-refractivity contribution is 0.0962. The molecule has 0 spiro atoms. The van der Waals surface area contributed by atoms with Crippen molar-refractivity contribution in [3.8, 4) is 0 Å². The molecular formula is C13H21NO3. The summed E-state index contributed by atoms with van der Waals surface area (Å²) >= 11 is 0. The number of hydrogen-bond acceptors (Lipinski definition) is 4. The van der Waals surface area contributed by atoms with Gasteiger partial charge in [-0.25, -0.2) is 0 Å². The van der Waals surface area contributed by atoms with E-state index < -0.39 is 0 Å². The summed E-state index contributed by atoms with van der Waals surface area (Å²) < 4.78 is 5.24. The van der Waals surface area contributed by atoms with Crippen LogP contribution in [0.25, 0.3) is 0 Å². The third kappa shape index (κ3) is 5.17. The van der Waals surface area contributed by atoms with Gasteiger partial charge in [0.25, 0.3) is 0 Å². The molecule has 1 aromatic carbocycles. The van der Waals surface area contributed by atoms with E-state index in [0.717, 1.165) is 5.69 Å². The zero-order valence-electron chi connectivity index (χ0n) is 10.3. The van der Waals surface area contributed by atoms with E-state index in [9.17, 15) is 0 Å². The van der Waals surface area contributed by atoms with Gasteiger partial charge in [0.2, 0.25) is 0 Å². The van der Waals surface area contributed by atoms with Crippen LogP contribution in [0.4, 0.5) is 5.69 Å². The monoisotopic (exact) mass is 239 g/mol. The van der Waals surface area contributed by atoms with Gasteiger partial charge < -0.3 is 19.8 Å². The second-order valence-electron chi connectivity index (χ2n) is 3.89. The minimum Gasteiger partial charge on any atom is -0.395 e. The Morgan fingerprint density at radius 3 is 2.59 bits per heavy atom. The predicted molar refractivity (Wildman–Crippen MR) is 68.4 cm³/mol. The van der Waals surface area contributed by atoms with Crippen LogP contribution in [0.1, 0.15) is 5.56 Å². The molecule has 0 bridgehead atoms. The van der Waals surface area contributed by atoms with Crippen molar-refractivity contribution in [1.29, 1.82) is 0 Å². The van der Waals surface area contributed by atoms with Crippen molar-refractivity contribution in [2.24, 2.45) is 0 Å². The summed E-state index contributed by atoms with van der Waals surface area (Å²) in [6, 6.07) is 8.16. The first kappa shape index (κ1) is 14.0. The number of aliphatic hydroxyl groups is 2. The normalized spacial score (nSPS) is 10.5. The fourth-order valence-corrected chi connectivity index (χ4v) is 1.66. The number of hydrogen-bond donors (Lipinski definition) is 2. The van der Waals surface area contributed by atoms with Gasteiger partial charge in [-0.3, -0.25) is 0 Å². The van der Waals surface area contributed by atoms with Crippen LogP contribution in [0, 0.1) is 6.92 Å². The molecule has 17 heavy (non-hydrogen) atoms. The van der Waals surface area contributed by atoms with Crippen molar-refractivity contribution >= 4 is 5.69 Å². The van der Waals surface area contributed by atoms with Crippen molar-refractivity contribution in [2.45, 2.75) is 6.92 Å². The van der Waals surface area contributed by atoms with E-state index in [1.54, 1.807) is 0 Å². The average molecular weight is 239 g/mol. The van der Waals surface area contributed by atoms with Crippen LogP contribution < -0.4 is 4.90 Å². The fourth-order valence-electron chi connectivity index (χ4n) is 1.66. The SMILES string of the molecule is Cc1cccc(N(CCO)CCOCCO)c1. The molecule has 0 radical (unpaired) electrons. The Bertz CT molecular complexity index is 317. The largest absolute Gasteiger partial charge is 0.395 e. The summed E-state index contributed by atoms with van der Waals surface area (Å²) in [6.07, 6.45) is 0. The van der Waals surface area contributed by atoms with Gasteiger partial charge in [0.05, 0.1) is 26.4 Å². The minimum absolute atomic E-state index is 0.0461. The highest BCUT2D eigenvalue weighted by atomic mass is 16.5. The van der Waals surface area contributed by atoms with Crippen LogP contribution in [-0.2, 0) is 4.74 Å². The molecule has 0 aliphatic heterocycles. The lowest BCUT2D eigenvalue weighted by atomic mass is 10.2. The van der Waals surface area contributed by atoms with E-state index in [-0.39, 0.29) is 13.2 Å².